The molecule has 0 aromatic heterocycles. The summed E-state index contributed by atoms with van der Waals surface area (Å²) in [5.74, 6) is 0. The van der Waals surface area contributed by atoms with Crippen LogP contribution in [-0.2, 0) is 4.74 Å². The molecule has 2 fully saturated rings. The Morgan fingerprint density at radius 1 is 1.20 bits per heavy atom. The number of hydrogen-bond acceptors (Lipinski definition) is 3. The van der Waals surface area contributed by atoms with Gasteiger partial charge in [-0.15, -0.1) is 0 Å². The maximum Gasteiger partial charge on any atom is 0.317 e. The third-order valence-corrected chi connectivity index (χ3v) is 4.19. The number of nitrogens with one attached hydrogen (secondary N) is 1. The highest BCUT2D eigenvalue weighted by Gasteiger charge is 2.21. The lowest BCUT2D eigenvalue weighted by molar-refractivity contribution is 0.0273. The quantitative estimate of drug-likeness (QED) is 0.758. The Labute approximate surface area is 121 Å². The van der Waals surface area contributed by atoms with Gasteiger partial charge in [0.2, 0.25) is 0 Å². The second-order valence-corrected chi connectivity index (χ2v) is 5.96. The predicted octanol–water partition coefficient (Wildman–Crippen LogP) is 1.89. The second kappa shape index (κ2) is 8.47. The summed E-state index contributed by atoms with van der Waals surface area (Å²) in [6.45, 7) is 2.59. The number of nitrogens with zero attached hydrogens (tertiary/aromatic N) is 1. The van der Waals surface area contributed by atoms with Gasteiger partial charge in [0.05, 0.1) is 12.2 Å². The van der Waals surface area contributed by atoms with E-state index in [1.54, 1.807) is 4.90 Å². The summed E-state index contributed by atoms with van der Waals surface area (Å²) in [5, 5.41) is 12.4. The topological polar surface area (TPSA) is 61.8 Å². The second-order valence-electron chi connectivity index (χ2n) is 5.96. The molecular weight excluding hydrogens is 256 g/mol. The molecule has 0 aromatic rings. The van der Waals surface area contributed by atoms with Crippen LogP contribution in [0.3, 0.4) is 0 Å². The van der Waals surface area contributed by atoms with Crippen LogP contribution in [0, 0.1) is 0 Å². The summed E-state index contributed by atoms with van der Waals surface area (Å²) < 4.78 is 5.82. The number of aliphatic hydroxyl groups is 1. The number of carbonyl (C=O) groups is 1. The zero-order chi connectivity index (χ0) is 14.2. The first-order valence-electron chi connectivity index (χ1n) is 8.08. The lowest BCUT2D eigenvalue weighted by atomic mass is 9.98. The zero-order valence-corrected chi connectivity index (χ0v) is 12.4. The summed E-state index contributed by atoms with van der Waals surface area (Å²) in [4.78, 5) is 13.6. The number of carbonyl (C=O) groups excluding carboxylic acids is 1. The van der Waals surface area contributed by atoms with Crippen LogP contribution in [0.2, 0.25) is 0 Å². The molecule has 1 saturated carbocycles. The Kier molecular flexibility index (Phi) is 6.60. The minimum Gasteiger partial charge on any atom is -0.391 e. The summed E-state index contributed by atoms with van der Waals surface area (Å²) in [6.07, 6.45) is 8.95. The highest BCUT2D eigenvalue weighted by Crippen LogP contribution is 2.20. The van der Waals surface area contributed by atoms with Gasteiger partial charge in [0.25, 0.3) is 0 Å². The van der Waals surface area contributed by atoms with Gasteiger partial charge < -0.3 is 20.1 Å². The average molecular weight is 284 g/mol. The molecule has 0 aromatic carbocycles. The average Bonchev–Trinajstić information content (AvgIpc) is 2.48. The van der Waals surface area contributed by atoms with E-state index in [2.05, 4.69) is 5.32 Å². The van der Waals surface area contributed by atoms with Crippen LogP contribution in [0.25, 0.3) is 0 Å². The van der Waals surface area contributed by atoms with Crippen LogP contribution < -0.4 is 5.32 Å². The van der Waals surface area contributed by atoms with E-state index in [0.29, 0.717) is 19.2 Å². The van der Waals surface area contributed by atoms with Crippen LogP contribution in [0.15, 0.2) is 0 Å². The van der Waals surface area contributed by atoms with Gasteiger partial charge in [0.15, 0.2) is 0 Å². The van der Waals surface area contributed by atoms with E-state index < -0.39 is 0 Å². The lowest BCUT2D eigenvalue weighted by Crippen LogP contribution is -2.47. The molecular formula is C15H28N2O3. The molecule has 0 bridgehead atoms. The Morgan fingerprint density at radius 2 is 2.00 bits per heavy atom. The van der Waals surface area contributed by atoms with Crippen molar-refractivity contribution < 1.29 is 14.6 Å². The van der Waals surface area contributed by atoms with Crippen LogP contribution >= 0.6 is 0 Å². The van der Waals surface area contributed by atoms with Crippen LogP contribution in [0.1, 0.15) is 51.4 Å². The lowest BCUT2D eigenvalue weighted by Gasteiger charge is -2.30. The summed E-state index contributed by atoms with van der Waals surface area (Å²) in [7, 11) is 0. The number of amides is 2. The van der Waals surface area contributed by atoms with E-state index in [9.17, 15) is 9.90 Å². The summed E-state index contributed by atoms with van der Waals surface area (Å²) >= 11 is 0. The maximum atomic E-state index is 11.9. The van der Waals surface area contributed by atoms with E-state index in [4.69, 9.17) is 4.74 Å². The zero-order valence-electron chi connectivity index (χ0n) is 12.4. The van der Waals surface area contributed by atoms with Gasteiger partial charge in [0.1, 0.15) is 0 Å². The molecule has 2 N–H and O–H groups in total. The number of hydrogen-bond donors (Lipinski definition) is 2. The standard InChI is InChI=1S/C15H28N2O3/c18-13-6-4-10-17(12-13)15(19)16-9-5-11-20-14-7-2-1-3-8-14/h13-14,18H,1-12H2,(H,16,19). The molecule has 2 amide bonds. The molecule has 2 aliphatic rings. The smallest absolute Gasteiger partial charge is 0.317 e. The summed E-state index contributed by atoms with van der Waals surface area (Å²) in [5.41, 5.74) is 0. The van der Waals surface area contributed by atoms with Crippen molar-refractivity contribution in [1.29, 1.82) is 0 Å². The molecule has 0 spiro atoms. The van der Waals surface area contributed by atoms with E-state index >= 15 is 0 Å². The first-order chi connectivity index (χ1) is 9.75. The van der Waals surface area contributed by atoms with Crippen molar-refractivity contribution in [3.63, 3.8) is 0 Å². The van der Waals surface area contributed by atoms with E-state index in [0.717, 1.165) is 32.4 Å². The largest absolute Gasteiger partial charge is 0.391 e. The normalized spacial score (nSPS) is 24.6. The number of urea groups is 1. The molecule has 1 aliphatic heterocycles. The van der Waals surface area contributed by atoms with Gasteiger partial charge in [0, 0.05) is 26.2 Å². The minimum atomic E-state index is -0.357. The van der Waals surface area contributed by atoms with Gasteiger partial charge >= 0.3 is 6.03 Å². The summed E-state index contributed by atoms with van der Waals surface area (Å²) in [6, 6.07) is -0.0542. The third-order valence-electron chi connectivity index (χ3n) is 4.19. The molecule has 1 unspecified atom stereocenters. The number of piperidine rings is 1. The molecule has 20 heavy (non-hydrogen) atoms. The highest BCUT2D eigenvalue weighted by atomic mass is 16.5. The number of rotatable bonds is 5. The van der Waals surface area contributed by atoms with Gasteiger partial charge in [-0.1, -0.05) is 19.3 Å². The molecule has 1 aliphatic carbocycles. The molecule has 2 rings (SSSR count). The van der Waals surface area contributed by atoms with Crippen molar-refractivity contribution in [3.8, 4) is 0 Å². The fourth-order valence-electron chi connectivity index (χ4n) is 3.00. The van der Waals surface area contributed by atoms with Gasteiger partial charge in [-0.3, -0.25) is 0 Å². The van der Waals surface area contributed by atoms with Crippen molar-refractivity contribution in [3.05, 3.63) is 0 Å². The predicted molar refractivity (Wildman–Crippen MR) is 77.7 cm³/mol. The Hall–Kier alpha value is -0.810. The number of likely N-dealkylation sites (tertiary alicyclic amines) is 1. The van der Waals surface area contributed by atoms with E-state index in [-0.39, 0.29) is 12.1 Å². The van der Waals surface area contributed by atoms with Crippen LogP contribution in [0.4, 0.5) is 4.79 Å². The van der Waals surface area contributed by atoms with E-state index in [1.807, 2.05) is 0 Å². The molecule has 1 atom stereocenters. The fraction of sp³-hybridized carbons (Fsp3) is 0.933. The molecule has 1 heterocycles. The van der Waals surface area contributed by atoms with E-state index in [1.165, 1.54) is 32.1 Å². The van der Waals surface area contributed by atoms with Gasteiger partial charge in [-0.05, 0) is 32.1 Å². The monoisotopic (exact) mass is 284 g/mol. The van der Waals surface area contributed by atoms with Gasteiger partial charge in [-0.25, -0.2) is 4.79 Å². The molecule has 0 radical (unpaired) electrons. The van der Waals surface area contributed by atoms with Crippen LogP contribution in [0.5, 0.6) is 0 Å². The van der Waals surface area contributed by atoms with Crippen molar-refractivity contribution in [1.82, 2.24) is 10.2 Å². The fourth-order valence-corrected chi connectivity index (χ4v) is 3.00. The van der Waals surface area contributed by atoms with Crippen molar-refractivity contribution in [2.75, 3.05) is 26.2 Å². The SMILES string of the molecule is O=C(NCCCOC1CCCCC1)N1CCCC(O)C1. The highest BCUT2D eigenvalue weighted by molar-refractivity contribution is 5.74. The molecule has 5 nitrogen and oxygen atoms in total. The molecule has 116 valence electrons. The van der Waals surface area contributed by atoms with Crippen molar-refractivity contribution in [2.24, 2.45) is 0 Å². The Bertz CT molecular complexity index is 293. The minimum absolute atomic E-state index is 0.0542. The number of aliphatic hydroxyl groups excluding tert-OH is 1. The van der Waals surface area contributed by atoms with Gasteiger partial charge in [-0.2, -0.15) is 0 Å². The number of β-amino-alcohol motifs (C(OH)–C–C–N with tert-alkyl or cyclic N) is 1. The Morgan fingerprint density at radius 3 is 2.75 bits per heavy atom. The number of ether oxygens (including phenoxy) is 1. The van der Waals surface area contributed by atoms with Crippen molar-refractivity contribution >= 4 is 6.03 Å². The third kappa shape index (κ3) is 5.29. The molecule has 5 heteroatoms. The first-order valence-corrected chi connectivity index (χ1v) is 8.08. The Balaban J connectivity index is 1.50. The molecule has 1 saturated heterocycles. The first kappa shape index (κ1) is 15.6. The van der Waals surface area contributed by atoms with Crippen molar-refractivity contribution in [2.45, 2.75) is 63.6 Å². The van der Waals surface area contributed by atoms with Crippen LogP contribution in [-0.4, -0.2) is 54.5 Å². The maximum absolute atomic E-state index is 11.9.